The molecule has 5 aromatic rings. The van der Waals surface area contributed by atoms with E-state index >= 15 is 0 Å². The number of nitrogens with zero attached hydrogens (tertiary/aromatic N) is 1. The Morgan fingerprint density at radius 1 is 0.969 bits per heavy atom. The molecular weight excluding hydrogens is 400 g/mol. The molecule has 160 valence electrons. The minimum Gasteiger partial charge on any atom is -0.451 e. The van der Waals surface area contributed by atoms with Crippen molar-refractivity contribution in [3.63, 3.8) is 0 Å². The number of hydrogen-bond acceptors (Lipinski definition) is 3. The first-order valence-electron chi connectivity index (χ1n) is 10.7. The molecule has 5 heteroatoms. The highest BCUT2D eigenvalue weighted by molar-refractivity contribution is 5.97. The third kappa shape index (κ3) is 3.27. The number of carbonyl (C=O) groups is 1. The van der Waals surface area contributed by atoms with E-state index < -0.39 is 0 Å². The summed E-state index contributed by atoms with van der Waals surface area (Å²) in [4.78, 5) is 19.1. The number of aromatic nitrogens is 1. The van der Waals surface area contributed by atoms with E-state index in [-0.39, 0.29) is 11.9 Å². The molecule has 2 N–H and O–H groups in total. The van der Waals surface area contributed by atoms with Crippen LogP contribution < -0.4 is 0 Å². The summed E-state index contributed by atoms with van der Waals surface area (Å²) in [6.07, 6.45) is 0.814. The molecule has 5 nitrogen and oxygen atoms in total. The number of aromatic amines is 1. The summed E-state index contributed by atoms with van der Waals surface area (Å²) in [7, 11) is 1.00. The van der Waals surface area contributed by atoms with Gasteiger partial charge in [-0.05, 0) is 35.7 Å². The van der Waals surface area contributed by atoms with E-state index in [1.807, 2.05) is 59.5 Å². The average Bonchev–Trinajstić information content (AvgIpc) is 3.46. The van der Waals surface area contributed by atoms with Crippen LogP contribution in [0.5, 0.6) is 0 Å². The summed E-state index contributed by atoms with van der Waals surface area (Å²) in [5.74, 6) is 0.307. The Labute approximate surface area is 185 Å². The SMILES string of the molecule is CO.O=C(c1cc2ccccc2o1)N1CCc2c([nH]c3ccccc23)C1c1ccccc1. The lowest BCUT2D eigenvalue weighted by atomic mass is 9.92. The molecule has 1 atom stereocenters. The number of benzene rings is 3. The quantitative estimate of drug-likeness (QED) is 0.403. The maximum atomic E-state index is 13.6. The van der Waals surface area contributed by atoms with E-state index in [1.165, 1.54) is 10.9 Å². The number of nitrogens with one attached hydrogen (secondary N) is 1. The number of carbonyl (C=O) groups excluding carboxylic acids is 1. The molecule has 0 radical (unpaired) electrons. The number of fused-ring (bicyclic) bond motifs is 4. The van der Waals surface area contributed by atoms with Gasteiger partial charge >= 0.3 is 0 Å². The highest BCUT2D eigenvalue weighted by atomic mass is 16.3. The van der Waals surface area contributed by atoms with Gasteiger partial charge in [-0.2, -0.15) is 0 Å². The van der Waals surface area contributed by atoms with Crippen LogP contribution in [0.2, 0.25) is 0 Å². The number of H-pyrrole nitrogens is 1. The Kier molecular flexibility index (Phi) is 5.25. The summed E-state index contributed by atoms with van der Waals surface area (Å²) < 4.78 is 5.91. The molecule has 3 heterocycles. The van der Waals surface area contributed by atoms with Gasteiger partial charge in [-0.1, -0.05) is 66.7 Å². The first kappa shape index (κ1) is 20.1. The summed E-state index contributed by atoms with van der Waals surface area (Å²) in [6.45, 7) is 0.643. The van der Waals surface area contributed by atoms with Crippen LogP contribution in [0.1, 0.15) is 33.4 Å². The number of furan rings is 1. The highest BCUT2D eigenvalue weighted by Crippen LogP contribution is 2.39. The zero-order valence-corrected chi connectivity index (χ0v) is 17.8. The second kappa shape index (κ2) is 8.36. The van der Waals surface area contributed by atoms with Crippen LogP contribution in [0.25, 0.3) is 21.9 Å². The molecule has 1 aliphatic heterocycles. The van der Waals surface area contributed by atoms with E-state index in [0.717, 1.165) is 41.3 Å². The smallest absolute Gasteiger partial charge is 0.290 e. The number of para-hydroxylation sites is 2. The summed E-state index contributed by atoms with van der Waals surface area (Å²) in [5, 5.41) is 9.18. The van der Waals surface area contributed by atoms with Gasteiger partial charge in [0, 0.05) is 35.6 Å². The Hall–Kier alpha value is -3.83. The Balaban J connectivity index is 0.00000105. The molecule has 0 saturated carbocycles. The molecule has 0 aliphatic carbocycles. The highest BCUT2D eigenvalue weighted by Gasteiger charge is 2.35. The van der Waals surface area contributed by atoms with Crippen molar-refractivity contribution in [2.75, 3.05) is 13.7 Å². The van der Waals surface area contributed by atoms with Crippen LogP contribution >= 0.6 is 0 Å². The van der Waals surface area contributed by atoms with Gasteiger partial charge in [0.2, 0.25) is 0 Å². The van der Waals surface area contributed by atoms with Gasteiger partial charge in [0.15, 0.2) is 5.76 Å². The van der Waals surface area contributed by atoms with Gasteiger partial charge in [-0.3, -0.25) is 4.79 Å². The zero-order valence-electron chi connectivity index (χ0n) is 17.8. The average molecular weight is 425 g/mol. The summed E-state index contributed by atoms with van der Waals surface area (Å²) in [5.41, 5.74) is 5.34. The van der Waals surface area contributed by atoms with Gasteiger partial charge in [-0.15, -0.1) is 0 Å². The fourth-order valence-electron chi connectivity index (χ4n) is 4.67. The molecule has 6 rings (SSSR count). The van der Waals surface area contributed by atoms with Crippen LogP contribution in [0, 0.1) is 0 Å². The molecule has 0 fully saturated rings. The topological polar surface area (TPSA) is 69.5 Å². The molecule has 32 heavy (non-hydrogen) atoms. The van der Waals surface area contributed by atoms with E-state index in [9.17, 15) is 4.79 Å². The first-order valence-corrected chi connectivity index (χ1v) is 10.7. The maximum absolute atomic E-state index is 13.6. The Morgan fingerprint density at radius 3 is 2.50 bits per heavy atom. The molecule has 3 aromatic carbocycles. The molecule has 2 aromatic heterocycles. The summed E-state index contributed by atoms with van der Waals surface area (Å²) >= 11 is 0. The fourth-order valence-corrected chi connectivity index (χ4v) is 4.67. The van der Waals surface area contributed by atoms with Crippen molar-refractivity contribution < 1.29 is 14.3 Å². The number of aliphatic hydroxyl groups is 1. The standard InChI is InChI=1S/C26H20N2O2.CH4O/c29-26(23-16-18-10-4-7-13-22(18)30-23)28-15-14-20-19-11-5-6-12-21(19)27-24(20)25(28)17-8-2-1-3-9-17;1-2/h1-13,16,25,27H,14-15H2;2H,1H3. The molecule has 1 unspecified atom stereocenters. The van der Waals surface area contributed by atoms with Crippen LogP contribution in [0.3, 0.4) is 0 Å². The third-order valence-corrected chi connectivity index (χ3v) is 6.05. The number of aliphatic hydroxyl groups excluding tert-OH is 1. The molecule has 1 aliphatic rings. The number of hydrogen-bond donors (Lipinski definition) is 2. The fraction of sp³-hybridized carbons (Fsp3) is 0.148. The van der Waals surface area contributed by atoms with Crippen molar-refractivity contribution in [2.24, 2.45) is 0 Å². The minimum absolute atomic E-state index is 0.0793. The lowest BCUT2D eigenvalue weighted by molar-refractivity contribution is 0.0661. The number of rotatable bonds is 2. The largest absolute Gasteiger partial charge is 0.451 e. The first-order chi connectivity index (χ1) is 15.8. The van der Waals surface area contributed by atoms with Gasteiger partial charge in [0.05, 0.1) is 6.04 Å². The molecule has 0 bridgehead atoms. The molecule has 0 saturated heterocycles. The van der Waals surface area contributed by atoms with E-state index in [2.05, 4.69) is 35.3 Å². The van der Waals surface area contributed by atoms with E-state index in [0.29, 0.717) is 12.3 Å². The van der Waals surface area contributed by atoms with E-state index in [4.69, 9.17) is 9.52 Å². The van der Waals surface area contributed by atoms with Crippen molar-refractivity contribution in [3.8, 4) is 0 Å². The van der Waals surface area contributed by atoms with Crippen LogP contribution in [-0.2, 0) is 6.42 Å². The van der Waals surface area contributed by atoms with Crippen LogP contribution in [0.4, 0.5) is 0 Å². The van der Waals surface area contributed by atoms with Crippen LogP contribution in [0.15, 0.2) is 89.3 Å². The van der Waals surface area contributed by atoms with Crippen molar-refractivity contribution in [1.82, 2.24) is 9.88 Å². The molecule has 0 spiro atoms. The third-order valence-electron chi connectivity index (χ3n) is 6.05. The normalized spacial score (nSPS) is 15.3. The van der Waals surface area contributed by atoms with E-state index in [1.54, 1.807) is 0 Å². The monoisotopic (exact) mass is 424 g/mol. The predicted molar refractivity (Wildman–Crippen MR) is 126 cm³/mol. The van der Waals surface area contributed by atoms with Gasteiger partial charge < -0.3 is 19.4 Å². The van der Waals surface area contributed by atoms with Crippen molar-refractivity contribution in [1.29, 1.82) is 0 Å². The second-order valence-corrected chi connectivity index (χ2v) is 7.77. The molecule has 1 amide bonds. The van der Waals surface area contributed by atoms with Gasteiger partial charge in [0.1, 0.15) is 5.58 Å². The van der Waals surface area contributed by atoms with Crippen molar-refractivity contribution in [3.05, 3.63) is 108 Å². The predicted octanol–water partition coefficient (Wildman–Crippen LogP) is 5.31. The minimum atomic E-state index is -0.178. The summed E-state index contributed by atoms with van der Waals surface area (Å²) in [6, 6.07) is 28.0. The molecular formula is C27H24N2O3. The van der Waals surface area contributed by atoms with Crippen molar-refractivity contribution in [2.45, 2.75) is 12.5 Å². The Morgan fingerprint density at radius 2 is 1.69 bits per heavy atom. The van der Waals surface area contributed by atoms with Gasteiger partial charge in [-0.25, -0.2) is 0 Å². The second-order valence-electron chi connectivity index (χ2n) is 7.77. The van der Waals surface area contributed by atoms with Crippen LogP contribution in [-0.4, -0.2) is 34.6 Å². The van der Waals surface area contributed by atoms with Gasteiger partial charge in [0.25, 0.3) is 5.91 Å². The maximum Gasteiger partial charge on any atom is 0.290 e. The lowest BCUT2D eigenvalue weighted by Gasteiger charge is -2.35. The van der Waals surface area contributed by atoms with Crippen molar-refractivity contribution >= 4 is 27.8 Å². The lowest BCUT2D eigenvalue weighted by Crippen LogP contribution is -2.40. The number of amides is 1. The zero-order chi connectivity index (χ0) is 22.1. The Bertz CT molecular complexity index is 1350.